The Morgan fingerprint density at radius 1 is 1.22 bits per heavy atom. The predicted octanol–water partition coefficient (Wildman–Crippen LogP) is 5.27. The van der Waals surface area contributed by atoms with E-state index in [-0.39, 0.29) is 11.2 Å². The number of aromatic nitrogens is 2. The van der Waals surface area contributed by atoms with Gasteiger partial charge in [0.2, 0.25) is 5.91 Å². The van der Waals surface area contributed by atoms with Gasteiger partial charge in [0.05, 0.1) is 10.9 Å². The highest BCUT2D eigenvalue weighted by Crippen LogP contribution is 2.29. The van der Waals surface area contributed by atoms with E-state index in [1.165, 1.54) is 40.6 Å². The van der Waals surface area contributed by atoms with Gasteiger partial charge < -0.3 is 5.32 Å². The van der Waals surface area contributed by atoms with Crippen LogP contribution in [0, 0.1) is 3.95 Å². The fourth-order valence-corrected chi connectivity index (χ4v) is 5.64. The van der Waals surface area contributed by atoms with Crippen molar-refractivity contribution in [1.82, 2.24) is 9.78 Å². The molecule has 0 aliphatic heterocycles. The second-order valence-electron chi connectivity index (χ2n) is 6.47. The van der Waals surface area contributed by atoms with Crippen LogP contribution in [0.3, 0.4) is 0 Å². The summed E-state index contributed by atoms with van der Waals surface area (Å²) in [6.07, 6.45) is 3.45. The molecule has 27 heavy (non-hydrogen) atoms. The summed E-state index contributed by atoms with van der Waals surface area (Å²) in [7, 11) is 0. The monoisotopic (exact) mass is 413 g/mol. The Balaban J connectivity index is 1.44. The Morgan fingerprint density at radius 2 is 2.00 bits per heavy atom. The molecular weight excluding hydrogens is 394 g/mol. The highest BCUT2D eigenvalue weighted by Gasteiger charge is 2.19. The van der Waals surface area contributed by atoms with E-state index in [2.05, 4.69) is 22.5 Å². The number of nitrogens with zero attached hydrogens (tertiary/aromatic N) is 2. The minimum atomic E-state index is -0.261. The Morgan fingerprint density at radius 3 is 2.81 bits per heavy atom. The number of para-hydroxylation sites is 1. The van der Waals surface area contributed by atoms with Crippen molar-refractivity contribution in [2.45, 2.75) is 35.8 Å². The second kappa shape index (κ2) is 7.96. The zero-order valence-electron chi connectivity index (χ0n) is 14.8. The van der Waals surface area contributed by atoms with Gasteiger partial charge in [-0.3, -0.25) is 4.79 Å². The molecule has 1 aliphatic carbocycles. The third-order valence-corrected chi connectivity index (χ3v) is 6.96. The molecule has 0 spiro atoms. The van der Waals surface area contributed by atoms with Crippen molar-refractivity contribution in [3.63, 3.8) is 0 Å². The van der Waals surface area contributed by atoms with Crippen molar-refractivity contribution >= 4 is 46.9 Å². The van der Waals surface area contributed by atoms with Crippen LogP contribution in [0.25, 0.3) is 5.69 Å². The molecular formula is C20H19N3OS3. The molecule has 0 radical (unpaired) electrons. The summed E-state index contributed by atoms with van der Waals surface area (Å²) < 4.78 is 3.21. The molecule has 2 aromatic carbocycles. The van der Waals surface area contributed by atoms with Crippen molar-refractivity contribution < 1.29 is 4.79 Å². The van der Waals surface area contributed by atoms with Gasteiger partial charge in [0.15, 0.2) is 8.29 Å². The number of hydrogen-bond donors (Lipinski definition) is 1. The number of fused-ring (bicyclic) bond motifs is 1. The van der Waals surface area contributed by atoms with E-state index in [0.717, 1.165) is 28.6 Å². The fraction of sp³-hybridized carbons (Fsp3) is 0.250. The molecule has 138 valence electrons. The number of aryl methyl sites for hydroxylation is 2. The van der Waals surface area contributed by atoms with E-state index >= 15 is 0 Å². The van der Waals surface area contributed by atoms with Crippen molar-refractivity contribution in [2.75, 3.05) is 5.32 Å². The second-order valence-corrected chi connectivity index (χ2v) is 9.68. The van der Waals surface area contributed by atoms with Crippen LogP contribution in [0.5, 0.6) is 0 Å². The van der Waals surface area contributed by atoms with Crippen LogP contribution in [0.1, 0.15) is 24.5 Å². The first kappa shape index (κ1) is 18.4. The highest BCUT2D eigenvalue weighted by molar-refractivity contribution is 8.02. The van der Waals surface area contributed by atoms with Gasteiger partial charge in [0.25, 0.3) is 0 Å². The van der Waals surface area contributed by atoms with Crippen molar-refractivity contribution in [3.05, 3.63) is 63.6 Å². The largest absolute Gasteiger partial charge is 0.325 e. The van der Waals surface area contributed by atoms with E-state index in [0.29, 0.717) is 3.95 Å². The first-order valence-electron chi connectivity index (χ1n) is 8.85. The summed E-state index contributed by atoms with van der Waals surface area (Å²) in [6, 6.07) is 16.0. The number of thioether (sulfide) groups is 1. The quantitative estimate of drug-likeness (QED) is 0.457. The lowest BCUT2D eigenvalue weighted by Gasteiger charge is -2.11. The van der Waals surface area contributed by atoms with Crippen molar-refractivity contribution in [2.24, 2.45) is 0 Å². The Bertz CT molecular complexity index is 1030. The summed E-state index contributed by atoms with van der Waals surface area (Å²) in [5.41, 5.74) is 4.56. The third-order valence-electron chi connectivity index (χ3n) is 4.54. The van der Waals surface area contributed by atoms with Gasteiger partial charge in [-0.25, -0.2) is 4.68 Å². The molecule has 0 saturated heterocycles. The molecule has 4 nitrogen and oxygen atoms in total. The molecule has 0 saturated carbocycles. The highest BCUT2D eigenvalue weighted by atomic mass is 32.2. The van der Waals surface area contributed by atoms with Crippen LogP contribution in [0.2, 0.25) is 0 Å². The topological polar surface area (TPSA) is 46.9 Å². The summed E-state index contributed by atoms with van der Waals surface area (Å²) >= 11 is 8.29. The average Bonchev–Trinajstić information content (AvgIpc) is 3.28. The zero-order valence-corrected chi connectivity index (χ0v) is 17.3. The maximum Gasteiger partial charge on any atom is 0.237 e. The van der Waals surface area contributed by atoms with Gasteiger partial charge in [0, 0.05) is 5.69 Å². The summed E-state index contributed by atoms with van der Waals surface area (Å²) in [5.74, 6) is -0.0228. The van der Waals surface area contributed by atoms with E-state index in [9.17, 15) is 4.79 Å². The molecule has 1 atom stereocenters. The molecule has 4 rings (SSSR count). The molecule has 1 heterocycles. The lowest BCUT2D eigenvalue weighted by molar-refractivity contribution is -0.115. The third kappa shape index (κ3) is 4.15. The Kier molecular flexibility index (Phi) is 5.43. The lowest BCUT2D eigenvalue weighted by Crippen LogP contribution is -2.22. The number of carbonyl (C=O) groups excluding carboxylic acids is 1. The minimum Gasteiger partial charge on any atom is -0.325 e. The van der Waals surface area contributed by atoms with Gasteiger partial charge in [-0.2, -0.15) is 0 Å². The van der Waals surface area contributed by atoms with Crippen molar-refractivity contribution in [3.8, 4) is 5.69 Å². The van der Waals surface area contributed by atoms with Gasteiger partial charge in [-0.05, 0) is 73.8 Å². The summed E-state index contributed by atoms with van der Waals surface area (Å²) in [5, 5.41) is 7.34. The van der Waals surface area contributed by atoms with Crippen LogP contribution in [-0.4, -0.2) is 20.9 Å². The zero-order chi connectivity index (χ0) is 18.8. The molecule has 0 unspecified atom stereocenters. The van der Waals surface area contributed by atoms with Crippen molar-refractivity contribution in [1.29, 1.82) is 0 Å². The van der Waals surface area contributed by atoms with Gasteiger partial charge in [0.1, 0.15) is 0 Å². The maximum absolute atomic E-state index is 12.6. The fourth-order valence-electron chi connectivity index (χ4n) is 3.14. The van der Waals surface area contributed by atoms with Crippen LogP contribution >= 0.6 is 35.3 Å². The molecule has 1 aromatic heterocycles. The number of rotatable bonds is 5. The maximum atomic E-state index is 12.6. The molecule has 0 bridgehead atoms. The molecule has 7 heteroatoms. The molecule has 1 aliphatic rings. The number of amides is 1. The smallest absolute Gasteiger partial charge is 0.237 e. The number of carbonyl (C=O) groups is 1. The van der Waals surface area contributed by atoms with Crippen LogP contribution in [0.15, 0.2) is 52.9 Å². The number of hydrogen-bond acceptors (Lipinski definition) is 5. The van der Waals surface area contributed by atoms with E-state index in [1.807, 2.05) is 43.3 Å². The van der Waals surface area contributed by atoms with Crippen LogP contribution < -0.4 is 5.32 Å². The summed E-state index contributed by atoms with van der Waals surface area (Å²) in [6.45, 7) is 1.89. The molecule has 0 fully saturated rings. The first-order valence-corrected chi connectivity index (χ1v) is 11.0. The van der Waals surface area contributed by atoms with Gasteiger partial charge >= 0.3 is 0 Å². The number of anilines is 1. The Labute approximate surface area is 171 Å². The SMILES string of the molecule is C[C@H](Sc1nn(-c2ccccc2)c(=S)s1)C(=O)Nc1ccc2c(c1)CCC2. The van der Waals surface area contributed by atoms with E-state index < -0.39 is 0 Å². The predicted molar refractivity (Wildman–Crippen MR) is 115 cm³/mol. The molecule has 1 N–H and O–H groups in total. The standard InChI is InChI=1S/C20H19N3OS3/c1-13(18(24)21-16-11-10-14-6-5-7-15(14)12-16)26-19-22-23(20(25)27-19)17-8-3-2-4-9-17/h2-4,8-13H,5-7H2,1H3,(H,21,24)/t13-/m0/s1. The minimum absolute atomic E-state index is 0.0228. The lowest BCUT2D eigenvalue weighted by atomic mass is 10.1. The number of benzene rings is 2. The van der Waals surface area contributed by atoms with E-state index in [1.54, 1.807) is 4.68 Å². The van der Waals surface area contributed by atoms with Crippen LogP contribution in [-0.2, 0) is 17.6 Å². The molecule has 3 aromatic rings. The number of nitrogens with one attached hydrogen (secondary N) is 1. The first-order chi connectivity index (χ1) is 13.1. The molecule has 1 amide bonds. The van der Waals surface area contributed by atoms with E-state index in [4.69, 9.17) is 12.2 Å². The van der Waals surface area contributed by atoms with Crippen LogP contribution in [0.4, 0.5) is 5.69 Å². The average molecular weight is 414 g/mol. The van der Waals surface area contributed by atoms with Gasteiger partial charge in [-0.1, -0.05) is 47.4 Å². The van der Waals surface area contributed by atoms with Gasteiger partial charge in [-0.15, -0.1) is 5.10 Å². The Hall–Kier alpha value is -1.96. The normalized spacial score (nSPS) is 14.0. The summed E-state index contributed by atoms with van der Waals surface area (Å²) in [4.78, 5) is 12.6.